The lowest BCUT2D eigenvalue weighted by Crippen LogP contribution is -2.44. The molecule has 0 bridgehead atoms. The third kappa shape index (κ3) is 2.50. The molecule has 0 amide bonds. The van der Waals surface area contributed by atoms with Crippen LogP contribution >= 0.6 is 0 Å². The Hall–Kier alpha value is -0.500. The molecule has 0 spiro atoms. The maximum absolute atomic E-state index is 4.24. The number of rotatable bonds is 3. The molecule has 1 N–H and O–H groups in total. The first-order valence-corrected chi connectivity index (χ1v) is 5.58. The topological polar surface area (TPSA) is 15.3 Å². The second kappa shape index (κ2) is 4.35. The fourth-order valence-electron chi connectivity index (χ4n) is 2.29. The van der Waals surface area contributed by atoms with Crippen molar-refractivity contribution >= 4 is 0 Å². The molecule has 0 aliphatic carbocycles. The van der Waals surface area contributed by atoms with Gasteiger partial charge in [0.05, 0.1) is 6.04 Å². The Kier molecular flexibility index (Phi) is 3.59. The van der Waals surface area contributed by atoms with Gasteiger partial charge >= 0.3 is 0 Å². The molecule has 0 radical (unpaired) electrons. The molecule has 0 saturated carbocycles. The normalized spacial score (nSPS) is 19.9. The molecule has 1 heterocycles. The van der Waals surface area contributed by atoms with Gasteiger partial charge in [0.15, 0.2) is 0 Å². The number of likely N-dealkylation sites (N-methyl/N-ethyl adjacent to an activating group) is 1. The zero-order valence-corrected chi connectivity index (χ0v) is 10.1. The molecule has 0 aromatic carbocycles. The van der Waals surface area contributed by atoms with Crippen LogP contribution in [0.25, 0.3) is 0 Å². The highest BCUT2D eigenvalue weighted by molar-refractivity contribution is 5.10. The third-order valence-electron chi connectivity index (χ3n) is 3.00. The number of hydrogen-bond acceptors (Lipinski definition) is 2. The smallest absolute Gasteiger partial charge is 0.0512 e. The lowest BCUT2D eigenvalue weighted by molar-refractivity contribution is 0.259. The van der Waals surface area contributed by atoms with E-state index in [4.69, 9.17) is 0 Å². The summed E-state index contributed by atoms with van der Waals surface area (Å²) in [5.74, 6) is 0. The summed E-state index contributed by atoms with van der Waals surface area (Å²) >= 11 is 0. The summed E-state index contributed by atoms with van der Waals surface area (Å²) in [6.07, 6.45) is 2.64. The molecule has 1 rings (SSSR count). The van der Waals surface area contributed by atoms with E-state index in [-0.39, 0.29) is 5.41 Å². The third-order valence-corrected chi connectivity index (χ3v) is 3.00. The molecule has 82 valence electrons. The lowest BCUT2D eigenvalue weighted by Gasteiger charge is -2.36. The van der Waals surface area contributed by atoms with Crippen molar-refractivity contribution in [3.63, 3.8) is 0 Å². The average molecular weight is 196 g/mol. The van der Waals surface area contributed by atoms with Crippen LogP contribution in [-0.4, -0.2) is 31.1 Å². The molecular weight excluding hydrogens is 172 g/mol. The van der Waals surface area contributed by atoms with E-state index in [2.05, 4.69) is 37.6 Å². The van der Waals surface area contributed by atoms with Crippen molar-refractivity contribution in [3.05, 3.63) is 12.3 Å². The van der Waals surface area contributed by atoms with Crippen LogP contribution in [0.2, 0.25) is 0 Å². The van der Waals surface area contributed by atoms with Gasteiger partial charge in [-0.1, -0.05) is 27.4 Å². The van der Waals surface area contributed by atoms with Gasteiger partial charge in [0, 0.05) is 18.8 Å². The first kappa shape index (κ1) is 11.6. The van der Waals surface area contributed by atoms with Crippen molar-refractivity contribution in [2.75, 3.05) is 20.1 Å². The van der Waals surface area contributed by atoms with Crippen molar-refractivity contribution in [3.8, 4) is 0 Å². The van der Waals surface area contributed by atoms with Crippen LogP contribution in [0.4, 0.5) is 0 Å². The Morgan fingerprint density at radius 1 is 1.29 bits per heavy atom. The molecule has 1 atom stereocenters. The molecule has 1 aliphatic heterocycles. The summed E-state index contributed by atoms with van der Waals surface area (Å²) in [7, 11) is 2.02. The van der Waals surface area contributed by atoms with Crippen LogP contribution in [0.1, 0.15) is 33.6 Å². The van der Waals surface area contributed by atoms with Gasteiger partial charge in [0.25, 0.3) is 0 Å². The zero-order chi connectivity index (χ0) is 10.8. The Morgan fingerprint density at radius 2 is 1.79 bits per heavy atom. The van der Waals surface area contributed by atoms with Crippen LogP contribution in [0.5, 0.6) is 0 Å². The highest BCUT2D eigenvalue weighted by Gasteiger charge is 2.29. The van der Waals surface area contributed by atoms with Gasteiger partial charge < -0.3 is 10.2 Å². The summed E-state index contributed by atoms with van der Waals surface area (Å²) < 4.78 is 0. The Morgan fingerprint density at radius 3 is 2.14 bits per heavy atom. The van der Waals surface area contributed by atoms with Crippen LogP contribution in [0.15, 0.2) is 12.3 Å². The first-order chi connectivity index (χ1) is 6.46. The minimum atomic E-state index is 0.244. The first-order valence-electron chi connectivity index (χ1n) is 5.58. The quantitative estimate of drug-likeness (QED) is 0.744. The lowest BCUT2D eigenvalue weighted by atomic mass is 9.85. The molecule has 1 aliphatic rings. The fraction of sp³-hybridized carbons (Fsp3) is 0.833. The zero-order valence-electron chi connectivity index (χ0n) is 10.1. The Labute approximate surface area is 88.4 Å². The minimum Gasteiger partial charge on any atom is -0.374 e. The molecular formula is C12H24N2. The van der Waals surface area contributed by atoms with Crippen molar-refractivity contribution < 1.29 is 0 Å². The van der Waals surface area contributed by atoms with Gasteiger partial charge in [0.2, 0.25) is 0 Å². The van der Waals surface area contributed by atoms with Gasteiger partial charge in [-0.05, 0) is 25.3 Å². The van der Waals surface area contributed by atoms with E-state index in [1.54, 1.807) is 0 Å². The summed E-state index contributed by atoms with van der Waals surface area (Å²) in [4.78, 5) is 2.42. The van der Waals surface area contributed by atoms with Gasteiger partial charge in [0.1, 0.15) is 0 Å². The number of nitrogens with one attached hydrogen (secondary N) is 1. The Balaban J connectivity index is 2.64. The predicted octanol–water partition coefficient (Wildman–Crippen LogP) is 2.23. The summed E-state index contributed by atoms with van der Waals surface area (Å²) in [6.45, 7) is 13.4. The van der Waals surface area contributed by atoms with E-state index >= 15 is 0 Å². The van der Waals surface area contributed by atoms with E-state index in [1.165, 1.54) is 31.6 Å². The summed E-state index contributed by atoms with van der Waals surface area (Å²) in [6, 6.07) is 0.389. The summed E-state index contributed by atoms with van der Waals surface area (Å²) in [5.41, 5.74) is 1.51. The van der Waals surface area contributed by atoms with Gasteiger partial charge in [-0.25, -0.2) is 0 Å². The van der Waals surface area contributed by atoms with Crippen molar-refractivity contribution in [2.45, 2.75) is 39.7 Å². The molecule has 2 heteroatoms. The highest BCUT2D eigenvalue weighted by Crippen LogP contribution is 2.27. The van der Waals surface area contributed by atoms with Gasteiger partial charge in [-0.2, -0.15) is 0 Å². The van der Waals surface area contributed by atoms with Crippen molar-refractivity contribution in [1.29, 1.82) is 0 Å². The maximum Gasteiger partial charge on any atom is 0.0512 e. The van der Waals surface area contributed by atoms with Crippen LogP contribution in [0.3, 0.4) is 0 Å². The van der Waals surface area contributed by atoms with E-state index in [0.29, 0.717) is 6.04 Å². The number of nitrogens with zero attached hydrogens (tertiary/aromatic N) is 1. The second-order valence-corrected chi connectivity index (χ2v) is 5.27. The van der Waals surface area contributed by atoms with E-state index in [0.717, 1.165) is 0 Å². The van der Waals surface area contributed by atoms with E-state index in [9.17, 15) is 0 Å². The van der Waals surface area contributed by atoms with Crippen LogP contribution in [-0.2, 0) is 0 Å². The van der Waals surface area contributed by atoms with Gasteiger partial charge in [-0.3, -0.25) is 0 Å². The van der Waals surface area contributed by atoms with Gasteiger partial charge in [-0.15, -0.1) is 0 Å². The molecule has 2 nitrogen and oxygen atoms in total. The van der Waals surface area contributed by atoms with E-state index in [1.807, 2.05) is 7.05 Å². The average Bonchev–Trinajstić information content (AvgIpc) is 2.53. The summed E-state index contributed by atoms with van der Waals surface area (Å²) in [5, 5.41) is 3.38. The molecule has 1 saturated heterocycles. The number of likely N-dealkylation sites (tertiary alicyclic amines) is 1. The maximum atomic E-state index is 4.24. The molecule has 0 aromatic rings. The van der Waals surface area contributed by atoms with Crippen molar-refractivity contribution in [1.82, 2.24) is 10.2 Å². The van der Waals surface area contributed by atoms with Crippen LogP contribution < -0.4 is 5.32 Å². The predicted molar refractivity (Wildman–Crippen MR) is 62.2 cm³/mol. The molecule has 1 unspecified atom stereocenters. The Bertz CT molecular complexity index is 197. The molecule has 1 fully saturated rings. The fourth-order valence-corrected chi connectivity index (χ4v) is 2.29. The van der Waals surface area contributed by atoms with Crippen molar-refractivity contribution in [2.24, 2.45) is 5.41 Å². The standard InChI is InChI=1S/C12H24N2/c1-10(14-8-6-7-9-14)11(13-5)12(2,3)4/h11,13H,1,6-9H2,2-5H3. The van der Waals surface area contributed by atoms with Crippen LogP contribution in [0, 0.1) is 5.41 Å². The highest BCUT2D eigenvalue weighted by atomic mass is 15.2. The molecule has 14 heavy (non-hydrogen) atoms. The number of hydrogen-bond donors (Lipinski definition) is 1. The molecule has 0 aromatic heterocycles. The SMILES string of the molecule is C=C(C(NC)C(C)(C)C)N1CCCC1. The minimum absolute atomic E-state index is 0.244. The largest absolute Gasteiger partial charge is 0.374 e. The van der Waals surface area contributed by atoms with E-state index < -0.39 is 0 Å². The monoisotopic (exact) mass is 196 g/mol. The second-order valence-electron chi connectivity index (χ2n) is 5.27.